The normalized spacial score (nSPS) is 14.9. The van der Waals surface area contributed by atoms with E-state index >= 15 is 0 Å². The first kappa shape index (κ1) is 9.96. The molecule has 1 aliphatic heterocycles. The van der Waals surface area contributed by atoms with Crippen molar-refractivity contribution < 1.29 is 9.13 Å². The number of nitrogens with one attached hydrogen (secondary N) is 1. The molecule has 15 heavy (non-hydrogen) atoms. The van der Waals surface area contributed by atoms with E-state index in [2.05, 4.69) is 10.3 Å². The SMILES string of the molecule is COc1ccc(NC2=NCCC2)cc1F. The monoisotopic (exact) mass is 208 g/mol. The van der Waals surface area contributed by atoms with Gasteiger partial charge in [-0.3, -0.25) is 4.99 Å². The summed E-state index contributed by atoms with van der Waals surface area (Å²) in [5.41, 5.74) is 0.717. The molecule has 0 aliphatic carbocycles. The molecule has 0 unspecified atom stereocenters. The lowest BCUT2D eigenvalue weighted by Crippen LogP contribution is -2.08. The van der Waals surface area contributed by atoms with E-state index in [1.807, 2.05) is 0 Å². The predicted octanol–water partition coefficient (Wildman–Crippen LogP) is 2.44. The molecule has 80 valence electrons. The molecule has 0 atom stereocenters. The second-order valence-electron chi connectivity index (χ2n) is 3.41. The first-order valence-electron chi connectivity index (χ1n) is 4.93. The number of nitrogens with zero attached hydrogens (tertiary/aromatic N) is 1. The van der Waals surface area contributed by atoms with Crippen LogP contribution in [-0.2, 0) is 0 Å². The molecular weight excluding hydrogens is 195 g/mol. The van der Waals surface area contributed by atoms with Crippen molar-refractivity contribution in [1.82, 2.24) is 0 Å². The van der Waals surface area contributed by atoms with Crippen molar-refractivity contribution in [2.45, 2.75) is 12.8 Å². The van der Waals surface area contributed by atoms with Crippen LogP contribution in [0.25, 0.3) is 0 Å². The molecule has 2 rings (SSSR count). The Morgan fingerprint density at radius 2 is 2.33 bits per heavy atom. The minimum absolute atomic E-state index is 0.258. The summed E-state index contributed by atoms with van der Waals surface area (Å²) in [7, 11) is 1.45. The fourth-order valence-electron chi connectivity index (χ4n) is 1.55. The number of benzene rings is 1. The van der Waals surface area contributed by atoms with Crippen LogP contribution in [0, 0.1) is 5.82 Å². The number of hydrogen-bond donors (Lipinski definition) is 1. The minimum Gasteiger partial charge on any atom is -0.494 e. The van der Waals surface area contributed by atoms with Gasteiger partial charge in [-0.05, 0) is 18.6 Å². The quantitative estimate of drug-likeness (QED) is 0.809. The fraction of sp³-hybridized carbons (Fsp3) is 0.364. The number of halogens is 1. The van der Waals surface area contributed by atoms with E-state index in [9.17, 15) is 4.39 Å². The zero-order chi connectivity index (χ0) is 10.7. The van der Waals surface area contributed by atoms with Gasteiger partial charge in [0, 0.05) is 24.7 Å². The molecule has 0 radical (unpaired) electrons. The molecular formula is C11H13FN2O. The molecule has 0 bridgehead atoms. The van der Waals surface area contributed by atoms with Crippen molar-refractivity contribution >= 4 is 11.5 Å². The van der Waals surface area contributed by atoms with Gasteiger partial charge in [0.25, 0.3) is 0 Å². The zero-order valence-corrected chi connectivity index (χ0v) is 8.59. The average molecular weight is 208 g/mol. The molecule has 1 N–H and O–H groups in total. The van der Waals surface area contributed by atoms with Crippen LogP contribution in [0.15, 0.2) is 23.2 Å². The number of amidine groups is 1. The van der Waals surface area contributed by atoms with Crippen LogP contribution < -0.4 is 10.1 Å². The van der Waals surface area contributed by atoms with Gasteiger partial charge in [-0.2, -0.15) is 0 Å². The van der Waals surface area contributed by atoms with Crippen LogP contribution in [-0.4, -0.2) is 19.5 Å². The van der Waals surface area contributed by atoms with E-state index in [1.54, 1.807) is 12.1 Å². The van der Waals surface area contributed by atoms with E-state index in [0.29, 0.717) is 5.69 Å². The summed E-state index contributed by atoms with van der Waals surface area (Å²) in [6, 6.07) is 4.80. The average Bonchev–Trinajstić information content (AvgIpc) is 2.71. The molecule has 0 fully saturated rings. The molecule has 1 aliphatic rings. The maximum atomic E-state index is 13.3. The van der Waals surface area contributed by atoms with Crippen LogP contribution in [0.2, 0.25) is 0 Å². The number of ether oxygens (including phenoxy) is 1. The third-order valence-corrected chi connectivity index (χ3v) is 2.31. The Labute approximate surface area is 88.0 Å². The Hall–Kier alpha value is -1.58. The Morgan fingerprint density at radius 1 is 1.47 bits per heavy atom. The molecule has 0 spiro atoms. The first-order valence-corrected chi connectivity index (χ1v) is 4.93. The molecule has 0 saturated carbocycles. The summed E-state index contributed by atoms with van der Waals surface area (Å²) < 4.78 is 18.2. The van der Waals surface area contributed by atoms with Crippen molar-refractivity contribution in [3.63, 3.8) is 0 Å². The summed E-state index contributed by atoms with van der Waals surface area (Å²) in [4.78, 5) is 4.26. The maximum absolute atomic E-state index is 13.3. The van der Waals surface area contributed by atoms with Gasteiger partial charge in [0.1, 0.15) is 5.84 Å². The summed E-state index contributed by atoms with van der Waals surface area (Å²) >= 11 is 0. The molecule has 1 aromatic carbocycles. The fourth-order valence-corrected chi connectivity index (χ4v) is 1.55. The summed E-state index contributed by atoms with van der Waals surface area (Å²) in [5, 5.41) is 3.09. The highest BCUT2D eigenvalue weighted by atomic mass is 19.1. The number of hydrogen-bond acceptors (Lipinski definition) is 3. The molecule has 0 amide bonds. The van der Waals surface area contributed by atoms with Crippen molar-refractivity contribution in [3.05, 3.63) is 24.0 Å². The summed E-state index contributed by atoms with van der Waals surface area (Å²) in [6.07, 6.45) is 2.01. The van der Waals surface area contributed by atoms with Crippen molar-refractivity contribution in [1.29, 1.82) is 0 Å². The second-order valence-corrected chi connectivity index (χ2v) is 3.41. The first-order chi connectivity index (χ1) is 7.29. The third-order valence-electron chi connectivity index (χ3n) is 2.31. The van der Waals surface area contributed by atoms with Crippen molar-refractivity contribution in [2.75, 3.05) is 19.0 Å². The lowest BCUT2D eigenvalue weighted by atomic mass is 10.2. The van der Waals surface area contributed by atoms with E-state index in [4.69, 9.17) is 4.74 Å². The second kappa shape index (κ2) is 4.29. The van der Waals surface area contributed by atoms with E-state index in [1.165, 1.54) is 13.2 Å². The lowest BCUT2D eigenvalue weighted by molar-refractivity contribution is 0.387. The third kappa shape index (κ3) is 2.26. The Morgan fingerprint density at radius 3 is 2.93 bits per heavy atom. The summed E-state index contributed by atoms with van der Waals surface area (Å²) in [5.74, 6) is 0.828. The van der Waals surface area contributed by atoms with Gasteiger partial charge in [-0.25, -0.2) is 4.39 Å². The van der Waals surface area contributed by atoms with E-state index < -0.39 is 0 Å². The van der Waals surface area contributed by atoms with Gasteiger partial charge >= 0.3 is 0 Å². The van der Waals surface area contributed by atoms with E-state index in [-0.39, 0.29) is 11.6 Å². The molecule has 0 aromatic heterocycles. The Bertz CT molecular complexity index is 390. The topological polar surface area (TPSA) is 33.6 Å². The molecule has 3 nitrogen and oxygen atoms in total. The number of aliphatic imine (C=N–C) groups is 1. The molecule has 1 heterocycles. The predicted molar refractivity (Wildman–Crippen MR) is 58.1 cm³/mol. The zero-order valence-electron chi connectivity index (χ0n) is 8.59. The van der Waals surface area contributed by atoms with Crippen molar-refractivity contribution in [2.24, 2.45) is 4.99 Å². The Kier molecular flexibility index (Phi) is 2.85. The number of methoxy groups -OCH3 is 1. The van der Waals surface area contributed by atoms with Crippen LogP contribution in [0.3, 0.4) is 0 Å². The standard InChI is InChI=1S/C11H13FN2O/c1-15-10-5-4-8(7-9(10)12)14-11-3-2-6-13-11/h4-5,7H,2-3,6H2,1H3,(H,13,14). The number of anilines is 1. The molecule has 0 saturated heterocycles. The minimum atomic E-state index is -0.360. The smallest absolute Gasteiger partial charge is 0.167 e. The molecule has 4 heteroatoms. The Balaban J connectivity index is 2.12. The van der Waals surface area contributed by atoms with Gasteiger partial charge in [0.2, 0.25) is 0 Å². The van der Waals surface area contributed by atoms with Gasteiger partial charge in [-0.1, -0.05) is 0 Å². The van der Waals surface area contributed by atoms with E-state index in [0.717, 1.165) is 25.2 Å². The van der Waals surface area contributed by atoms with Gasteiger partial charge in [0.15, 0.2) is 11.6 Å². The van der Waals surface area contributed by atoms with Crippen LogP contribution in [0.5, 0.6) is 5.75 Å². The summed E-state index contributed by atoms with van der Waals surface area (Å²) in [6.45, 7) is 0.862. The highest BCUT2D eigenvalue weighted by molar-refractivity contribution is 5.96. The van der Waals surface area contributed by atoms with Gasteiger partial charge < -0.3 is 10.1 Å². The maximum Gasteiger partial charge on any atom is 0.167 e. The lowest BCUT2D eigenvalue weighted by Gasteiger charge is -2.07. The van der Waals surface area contributed by atoms with Crippen LogP contribution in [0.1, 0.15) is 12.8 Å². The van der Waals surface area contributed by atoms with Crippen LogP contribution >= 0.6 is 0 Å². The number of rotatable bonds is 2. The van der Waals surface area contributed by atoms with Crippen LogP contribution in [0.4, 0.5) is 10.1 Å². The van der Waals surface area contributed by atoms with Gasteiger partial charge in [-0.15, -0.1) is 0 Å². The highest BCUT2D eigenvalue weighted by Crippen LogP contribution is 2.21. The van der Waals surface area contributed by atoms with Gasteiger partial charge in [0.05, 0.1) is 7.11 Å². The molecule has 1 aromatic rings. The van der Waals surface area contributed by atoms with Crippen molar-refractivity contribution in [3.8, 4) is 5.75 Å². The highest BCUT2D eigenvalue weighted by Gasteiger charge is 2.08. The largest absolute Gasteiger partial charge is 0.494 e.